The van der Waals surface area contributed by atoms with E-state index >= 15 is 0 Å². The van der Waals surface area contributed by atoms with Crippen molar-refractivity contribution in [3.05, 3.63) is 36.0 Å². The van der Waals surface area contributed by atoms with Crippen LogP contribution in [0.3, 0.4) is 0 Å². The SMILES string of the molecule is Cc1ccc(C2CCCCN2C(=O)Nc2cnc(N(C)C)nc2)o1. The highest BCUT2D eigenvalue weighted by Gasteiger charge is 2.30. The van der Waals surface area contributed by atoms with Crippen LogP contribution in [0.5, 0.6) is 0 Å². The lowest BCUT2D eigenvalue weighted by Crippen LogP contribution is -2.41. The van der Waals surface area contributed by atoms with E-state index in [2.05, 4.69) is 15.3 Å². The molecule has 1 fully saturated rings. The number of amides is 2. The van der Waals surface area contributed by atoms with Gasteiger partial charge in [0.05, 0.1) is 24.1 Å². The number of piperidine rings is 1. The van der Waals surface area contributed by atoms with Gasteiger partial charge in [0.2, 0.25) is 5.95 Å². The summed E-state index contributed by atoms with van der Waals surface area (Å²) in [4.78, 5) is 24.8. The average molecular weight is 329 g/mol. The fraction of sp³-hybridized carbons (Fsp3) is 0.471. The summed E-state index contributed by atoms with van der Waals surface area (Å²) in [6, 6.07) is 3.73. The van der Waals surface area contributed by atoms with E-state index in [-0.39, 0.29) is 12.1 Å². The van der Waals surface area contributed by atoms with Crippen molar-refractivity contribution in [1.29, 1.82) is 0 Å². The molecular weight excluding hydrogens is 306 g/mol. The van der Waals surface area contributed by atoms with E-state index in [1.54, 1.807) is 12.4 Å². The zero-order chi connectivity index (χ0) is 17.1. The lowest BCUT2D eigenvalue weighted by atomic mass is 10.0. The van der Waals surface area contributed by atoms with Crippen molar-refractivity contribution >= 4 is 17.7 Å². The molecule has 0 spiro atoms. The number of urea groups is 1. The predicted molar refractivity (Wildman–Crippen MR) is 92.1 cm³/mol. The number of hydrogen-bond donors (Lipinski definition) is 1. The third-order valence-electron chi connectivity index (χ3n) is 4.14. The minimum absolute atomic E-state index is 0.0191. The van der Waals surface area contributed by atoms with Crippen molar-refractivity contribution in [2.24, 2.45) is 0 Å². The number of furan rings is 1. The summed E-state index contributed by atoms with van der Waals surface area (Å²) in [6.45, 7) is 2.63. The van der Waals surface area contributed by atoms with Crippen molar-refractivity contribution in [1.82, 2.24) is 14.9 Å². The molecule has 0 saturated carbocycles. The Morgan fingerprint density at radius 3 is 2.67 bits per heavy atom. The number of aryl methyl sites for hydroxylation is 1. The van der Waals surface area contributed by atoms with Crippen LogP contribution in [-0.4, -0.2) is 41.5 Å². The van der Waals surface area contributed by atoms with Gasteiger partial charge in [-0.2, -0.15) is 0 Å². The fourth-order valence-corrected chi connectivity index (χ4v) is 2.91. The van der Waals surface area contributed by atoms with E-state index in [4.69, 9.17) is 4.42 Å². The first-order valence-corrected chi connectivity index (χ1v) is 8.18. The second kappa shape index (κ2) is 6.90. The fourth-order valence-electron chi connectivity index (χ4n) is 2.91. The second-order valence-corrected chi connectivity index (χ2v) is 6.25. The minimum atomic E-state index is -0.144. The van der Waals surface area contributed by atoms with Crippen molar-refractivity contribution in [2.45, 2.75) is 32.2 Å². The van der Waals surface area contributed by atoms with E-state index in [0.717, 1.165) is 30.8 Å². The summed E-state index contributed by atoms with van der Waals surface area (Å²) in [5.41, 5.74) is 0.588. The van der Waals surface area contributed by atoms with Crippen LogP contribution < -0.4 is 10.2 Å². The van der Waals surface area contributed by atoms with Crippen LogP contribution in [0, 0.1) is 6.92 Å². The van der Waals surface area contributed by atoms with Crippen LogP contribution >= 0.6 is 0 Å². The maximum absolute atomic E-state index is 12.7. The van der Waals surface area contributed by atoms with E-state index in [1.165, 1.54) is 0 Å². The molecule has 24 heavy (non-hydrogen) atoms. The van der Waals surface area contributed by atoms with Crippen LogP contribution in [0.1, 0.15) is 36.8 Å². The third-order valence-corrected chi connectivity index (χ3v) is 4.14. The van der Waals surface area contributed by atoms with E-state index in [0.29, 0.717) is 18.2 Å². The molecule has 1 saturated heterocycles. The lowest BCUT2D eigenvalue weighted by molar-refractivity contribution is 0.150. The van der Waals surface area contributed by atoms with Crippen molar-refractivity contribution < 1.29 is 9.21 Å². The molecule has 2 aromatic rings. The smallest absolute Gasteiger partial charge is 0.322 e. The summed E-state index contributed by atoms with van der Waals surface area (Å²) in [5.74, 6) is 2.32. The molecule has 2 amide bonds. The van der Waals surface area contributed by atoms with Crippen LogP contribution in [0.25, 0.3) is 0 Å². The van der Waals surface area contributed by atoms with Crippen LogP contribution in [0.2, 0.25) is 0 Å². The first-order valence-electron chi connectivity index (χ1n) is 8.18. The Morgan fingerprint density at radius 2 is 2.04 bits per heavy atom. The van der Waals surface area contributed by atoms with Gasteiger partial charge in [-0.3, -0.25) is 0 Å². The summed E-state index contributed by atoms with van der Waals surface area (Å²) < 4.78 is 5.74. The number of rotatable bonds is 3. The summed E-state index contributed by atoms with van der Waals surface area (Å²) in [6.07, 6.45) is 6.25. The third kappa shape index (κ3) is 3.50. The van der Waals surface area contributed by atoms with Gasteiger partial charge >= 0.3 is 6.03 Å². The molecule has 1 atom stereocenters. The number of anilines is 2. The topological polar surface area (TPSA) is 74.5 Å². The number of carbonyl (C=O) groups is 1. The summed E-state index contributed by atoms with van der Waals surface area (Å²) in [7, 11) is 3.74. The van der Waals surface area contributed by atoms with Gasteiger partial charge < -0.3 is 19.5 Å². The molecule has 1 unspecified atom stereocenters. The molecule has 0 bridgehead atoms. The monoisotopic (exact) mass is 329 g/mol. The zero-order valence-electron chi connectivity index (χ0n) is 14.3. The summed E-state index contributed by atoms with van der Waals surface area (Å²) >= 11 is 0. The number of carbonyl (C=O) groups excluding carboxylic acids is 1. The number of nitrogens with one attached hydrogen (secondary N) is 1. The quantitative estimate of drug-likeness (QED) is 0.936. The largest absolute Gasteiger partial charge is 0.464 e. The molecular formula is C17H23N5O2. The standard InChI is InChI=1S/C17H23N5O2/c1-12-7-8-15(24-12)14-6-4-5-9-22(14)17(23)20-13-10-18-16(19-11-13)21(2)3/h7-8,10-11,14H,4-6,9H2,1-3H3,(H,20,23). The van der Waals surface area contributed by atoms with Crippen molar-refractivity contribution in [3.8, 4) is 0 Å². The Balaban J connectivity index is 1.72. The molecule has 0 aliphatic carbocycles. The van der Waals surface area contributed by atoms with Crippen LogP contribution in [0.4, 0.5) is 16.4 Å². The molecule has 0 aromatic carbocycles. The lowest BCUT2D eigenvalue weighted by Gasteiger charge is -2.34. The van der Waals surface area contributed by atoms with Gasteiger partial charge in [0, 0.05) is 20.6 Å². The normalized spacial score (nSPS) is 17.6. The van der Waals surface area contributed by atoms with Gasteiger partial charge in [0.1, 0.15) is 11.5 Å². The van der Waals surface area contributed by atoms with Crippen molar-refractivity contribution in [2.75, 3.05) is 30.9 Å². The molecule has 1 aliphatic heterocycles. The van der Waals surface area contributed by atoms with Gasteiger partial charge in [-0.15, -0.1) is 0 Å². The first-order chi connectivity index (χ1) is 11.5. The minimum Gasteiger partial charge on any atom is -0.464 e. The average Bonchev–Trinajstić information content (AvgIpc) is 3.01. The molecule has 7 heteroatoms. The molecule has 3 rings (SSSR count). The highest BCUT2D eigenvalue weighted by molar-refractivity contribution is 5.89. The number of aromatic nitrogens is 2. The Bertz CT molecular complexity index is 695. The number of hydrogen-bond acceptors (Lipinski definition) is 5. The Kier molecular flexibility index (Phi) is 4.69. The van der Waals surface area contributed by atoms with Gasteiger partial charge in [-0.1, -0.05) is 0 Å². The maximum atomic E-state index is 12.7. The zero-order valence-corrected chi connectivity index (χ0v) is 14.3. The van der Waals surface area contributed by atoms with Crippen LogP contribution in [-0.2, 0) is 0 Å². The van der Waals surface area contributed by atoms with E-state index < -0.39 is 0 Å². The predicted octanol–water partition coefficient (Wildman–Crippen LogP) is 3.20. The molecule has 0 radical (unpaired) electrons. The maximum Gasteiger partial charge on any atom is 0.322 e. The number of nitrogens with zero attached hydrogens (tertiary/aromatic N) is 4. The summed E-state index contributed by atoms with van der Waals surface area (Å²) in [5, 5.41) is 2.89. The van der Waals surface area contributed by atoms with Crippen LogP contribution in [0.15, 0.2) is 28.9 Å². The van der Waals surface area contributed by atoms with E-state index in [1.807, 2.05) is 43.0 Å². The highest BCUT2D eigenvalue weighted by Crippen LogP contribution is 2.32. The highest BCUT2D eigenvalue weighted by atomic mass is 16.3. The van der Waals surface area contributed by atoms with Gasteiger partial charge in [0.15, 0.2) is 0 Å². The Morgan fingerprint density at radius 1 is 1.29 bits per heavy atom. The molecule has 3 heterocycles. The van der Waals surface area contributed by atoms with E-state index in [9.17, 15) is 4.79 Å². The molecule has 7 nitrogen and oxygen atoms in total. The number of likely N-dealkylation sites (tertiary alicyclic amines) is 1. The molecule has 2 aromatic heterocycles. The Hall–Kier alpha value is -2.57. The second-order valence-electron chi connectivity index (χ2n) is 6.25. The Labute approximate surface area is 141 Å². The van der Waals surface area contributed by atoms with Gasteiger partial charge in [-0.05, 0) is 38.3 Å². The molecule has 128 valence electrons. The van der Waals surface area contributed by atoms with Gasteiger partial charge in [0.25, 0.3) is 0 Å². The van der Waals surface area contributed by atoms with Crippen molar-refractivity contribution in [3.63, 3.8) is 0 Å². The first kappa shape index (κ1) is 16.3. The molecule has 1 N–H and O–H groups in total. The molecule has 1 aliphatic rings. The van der Waals surface area contributed by atoms with Gasteiger partial charge in [-0.25, -0.2) is 14.8 Å².